The van der Waals surface area contributed by atoms with Gasteiger partial charge < -0.3 is 9.84 Å². The molecule has 2 rings (SSSR count). The van der Waals surface area contributed by atoms with Crippen LogP contribution < -0.4 is 0 Å². The third-order valence-electron chi connectivity index (χ3n) is 4.24. The van der Waals surface area contributed by atoms with Crippen molar-refractivity contribution in [3.05, 3.63) is 11.6 Å². The highest BCUT2D eigenvalue weighted by atomic mass is 16.5. The Morgan fingerprint density at radius 2 is 2.35 bits per heavy atom. The first kappa shape index (κ1) is 13.1. The van der Waals surface area contributed by atoms with Crippen molar-refractivity contribution >= 4 is 0 Å². The number of nitrogens with zero attached hydrogens (tertiary/aromatic N) is 1. The molecule has 1 N–H and O–H groups in total. The van der Waals surface area contributed by atoms with Gasteiger partial charge in [0, 0.05) is 19.6 Å². The lowest BCUT2D eigenvalue weighted by Gasteiger charge is -2.37. The van der Waals surface area contributed by atoms with Gasteiger partial charge in [-0.15, -0.1) is 0 Å². The normalized spacial score (nSPS) is 35.7. The lowest BCUT2D eigenvalue weighted by Crippen LogP contribution is -2.46. The summed E-state index contributed by atoms with van der Waals surface area (Å²) in [6.45, 7) is 8.55. The van der Waals surface area contributed by atoms with Crippen molar-refractivity contribution < 1.29 is 9.84 Å². The van der Waals surface area contributed by atoms with Crippen molar-refractivity contribution in [3.63, 3.8) is 0 Å². The average Bonchev–Trinajstić information content (AvgIpc) is 2.34. The van der Waals surface area contributed by atoms with E-state index in [2.05, 4.69) is 24.8 Å². The molecule has 0 aromatic rings. The van der Waals surface area contributed by atoms with Gasteiger partial charge in [0.05, 0.1) is 19.3 Å². The number of hydrogen-bond donors (Lipinski definition) is 1. The molecule has 1 aliphatic carbocycles. The molecule has 98 valence electrons. The first-order valence-corrected chi connectivity index (χ1v) is 6.82. The second-order valence-electron chi connectivity index (χ2n) is 5.54. The van der Waals surface area contributed by atoms with Crippen molar-refractivity contribution in [2.45, 2.75) is 32.8 Å². The van der Waals surface area contributed by atoms with Crippen LogP contribution in [0.25, 0.3) is 0 Å². The van der Waals surface area contributed by atoms with Crippen LogP contribution >= 0.6 is 0 Å². The van der Waals surface area contributed by atoms with Crippen molar-refractivity contribution in [2.24, 2.45) is 11.8 Å². The Bertz CT molecular complexity index is 277. The van der Waals surface area contributed by atoms with Crippen LogP contribution in [-0.4, -0.2) is 49.0 Å². The number of hydrogen-bond acceptors (Lipinski definition) is 3. The molecule has 1 saturated heterocycles. The molecule has 0 aromatic heterocycles. The zero-order valence-corrected chi connectivity index (χ0v) is 11.1. The molecule has 2 aliphatic rings. The second-order valence-corrected chi connectivity index (χ2v) is 5.54. The fraction of sp³-hybridized carbons (Fsp3) is 0.857. The minimum atomic E-state index is 0.0203. The van der Waals surface area contributed by atoms with Crippen LogP contribution in [-0.2, 0) is 4.74 Å². The maximum atomic E-state index is 9.16. The average molecular weight is 239 g/mol. The molecule has 3 nitrogen and oxygen atoms in total. The second kappa shape index (κ2) is 5.98. The van der Waals surface area contributed by atoms with Gasteiger partial charge in [-0.05, 0) is 31.6 Å². The maximum absolute atomic E-state index is 9.16. The van der Waals surface area contributed by atoms with Crippen LogP contribution in [0.2, 0.25) is 0 Å². The number of aliphatic hydroxyl groups excluding tert-OH is 1. The molecular weight excluding hydrogens is 214 g/mol. The maximum Gasteiger partial charge on any atom is 0.0932 e. The highest BCUT2D eigenvalue weighted by molar-refractivity contribution is 5.09. The van der Waals surface area contributed by atoms with Gasteiger partial charge in [-0.2, -0.15) is 0 Å². The fourth-order valence-corrected chi connectivity index (χ4v) is 3.03. The Hall–Kier alpha value is -0.380. The van der Waals surface area contributed by atoms with E-state index in [1.165, 1.54) is 12.8 Å². The summed E-state index contributed by atoms with van der Waals surface area (Å²) in [4.78, 5) is 2.45. The third kappa shape index (κ3) is 3.30. The van der Waals surface area contributed by atoms with E-state index >= 15 is 0 Å². The summed E-state index contributed by atoms with van der Waals surface area (Å²) in [6, 6.07) is 0. The predicted octanol–water partition coefficient (Wildman–Crippen LogP) is 1.67. The number of ether oxygens (including phenoxy) is 1. The predicted molar refractivity (Wildman–Crippen MR) is 68.9 cm³/mol. The van der Waals surface area contributed by atoms with E-state index in [0.29, 0.717) is 5.92 Å². The standard InChI is InChI=1S/C14H25NO2/c1-11-4-3-5-12(2)14(11)9-15-6-7-17-13(8-15)10-16/h4,12-14,16H,3,5-10H2,1-2H3/t12-,13-,14+/m0/s1. The van der Waals surface area contributed by atoms with Gasteiger partial charge in [0.25, 0.3) is 0 Å². The summed E-state index contributed by atoms with van der Waals surface area (Å²) in [5.74, 6) is 1.48. The molecule has 0 radical (unpaired) electrons. The Balaban J connectivity index is 1.91. The number of aliphatic hydroxyl groups is 1. The van der Waals surface area contributed by atoms with Gasteiger partial charge in [-0.1, -0.05) is 18.6 Å². The number of rotatable bonds is 3. The van der Waals surface area contributed by atoms with Gasteiger partial charge in [-0.3, -0.25) is 4.90 Å². The molecule has 0 bridgehead atoms. The summed E-state index contributed by atoms with van der Waals surface area (Å²) < 4.78 is 5.49. The molecule has 1 heterocycles. The molecule has 1 aliphatic heterocycles. The third-order valence-corrected chi connectivity index (χ3v) is 4.24. The van der Waals surface area contributed by atoms with E-state index in [1.54, 1.807) is 5.57 Å². The Kier molecular flexibility index (Phi) is 4.60. The summed E-state index contributed by atoms with van der Waals surface area (Å²) in [5.41, 5.74) is 1.55. The summed E-state index contributed by atoms with van der Waals surface area (Å²) in [5, 5.41) is 9.16. The molecule has 0 spiro atoms. The van der Waals surface area contributed by atoms with E-state index in [-0.39, 0.29) is 12.7 Å². The minimum Gasteiger partial charge on any atom is -0.394 e. The van der Waals surface area contributed by atoms with Crippen LogP contribution in [0.4, 0.5) is 0 Å². The zero-order chi connectivity index (χ0) is 12.3. The number of allylic oxidation sites excluding steroid dienone is 1. The Morgan fingerprint density at radius 3 is 3.06 bits per heavy atom. The van der Waals surface area contributed by atoms with Crippen molar-refractivity contribution in [3.8, 4) is 0 Å². The van der Waals surface area contributed by atoms with Crippen molar-refractivity contribution in [2.75, 3.05) is 32.8 Å². The fourth-order valence-electron chi connectivity index (χ4n) is 3.03. The summed E-state index contributed by atoms with van der Waals surface area (Å²) in [6.07, 6.45) is 4.97. The highest BCUT2D eigenvalue weighted by Gasteiger charge is 2.27. The first-order valence-electron chi connectivity index (χ1n) is 6.82. The van der Waals surface area contributed by atoms with E-state index in [4.69, 9.17) is 9.84 Å². The van der Waals surface area contributed by atoms with Gasteiger partial charge in [0.15, 0.2) is 0 Å². The first-order chi connectivity index (χ1) is 8.20. The van der Waals surface area contributed by atoms with E-state index in [0.717, 1.165) is 32.2 Å². The smallest absolute Gasteiger partial charge is 0.0932 e. The van der Waals surface area contributed by atoms with E-state index in [9.17, 15) is 0 Å². The molecular formula is C14H25NO2. The monoisotopic (exact) mass is 239 g/mol. The van der Waals surface area contributed by atoms with Gasteiger partial charge in [0.1, 0.15) is 0 Å². The molecule has 1 fully saturated rings. The van der Waals surface area contributed by atoms with Crippen LogP contribution in [0.5, 0.6) is 0 Å². The molecule has 17 heavy (non-hydrogen) atoms. The molecule has 0 saturated carbocycles. The van der Waals surface area contributed by atoms with E-state index in [1.807, 2.05) is 0 Å². The summed E-state index contributed by atoms with van der Waals surface area (Å²) in [7, 11) is 0. The lowest BCUT2D eigenvalue weighted by atomic mass is 9.79. The highest BCUT2D eigenvalue weighted by Crippen LogP contribution is 2.31. The van der Waals surface area contributed by atoms with Gasteiger partial charge >= 0.3 is 0 Å². The van der Waals surface area contributed by atoms with Crippen LogP contribution in [0.1, 0.15) is 26.7 Å². The Morgan fingerprint density at radius 1 is 1.53 bits per heavy atom. The topological polar surface area (TPSA) is 32.7 Å². The van der Waals surface area contributed by atoms with Crippen LogP contribution in [0, 0.1) is 11.8 Å². The lowest BCUT2D eigenvalue weighted by molar-refractivity contribution is -0.0567. The van der Waals surface area contributed by atoms with Gasteiger partial charge in [0.2, 0.25) is 0 Å². The number of morpholine rings is 1. The minimum absolute atomic E-state index is 0.0203. The SMILES string of the molecule is CC1=CCC[C@H](C)[C@@H]1CN1CCO[C@H](CO)C1. The quantitative estimate of drug-likeness (QED) is 0.761. The zero-order valence-electron chi connectivity index (χ0n) is 11.1. The van der Waals surface area contributed by atoms with Crippen molar-refractivity contribution in [1.82, 2.24) is 4.90 Å². The van der Waals surface area contributed by atoms with Crippen LogP contribution in [0.15, 0.2) is 11.6 Å². The molecule has 3 atom stereocenters. The van der Waals surface area contributed by atoms with Gasteiger partial charge in [-0.25, -0.2) is 0 Å². The largest absolute Gasteiger partial charge is 0.394 e. The molecule has 0 amide bonds. The Labute approximate surface area is 104 Å². The van der Waals surface area contributed by atoms with Crippen molar-refractivity contribution in [1.29, 1.82) is 0 Å². The van der Waals surface area contributed by atoms with E-state index < -0.39 is 0 Å². The molecule has 0 unspecified atom stereocenters. The van der Waals surface area contributed by atoms with Crippen LogP contribution in [0.3, 0.4) is 0 Å². The summed E-state index contributed by atoms with van der Waals surface area (Å²) >= 11 is 0. The molecule has 0 aromatic carbocycles. The molecule has 3 heteroatoms.